The quantitative estimate of drug-likeness (QED) is 0.563. The van der Waals surface area contributed by atoms with Gasteiger partial charge in [0.2, 0.25) is 0 Å². The number of thiophene rings is 1. The minimum Gasteiger partial charge on any atom is -0.345 e. The van der Waals surface area contributed by atoms with Gasteiger partial charge >= 0.3 is 0 Å². The van der Waals surface area contributed by atoms with Crippen molar-refractivity contribution in [2.45, 2.75) is 19.9 Å². The highest BCUT2D eigenvalue weighted by Crippen LogP contribution is 2.30. The van der Waals surface area contributed by atoms with Gasteiger partial charge in [-0.15, -0.1) is 11.3 Å². The molecule has 0 saturated carbocycles. The monoisotopic (exact) mass is 361 g/mol. The molecule has 0 bridgehead atoms. The lowest BCUT2D eigenvalue weighted by Crippen LogP contribution is -2.25. The van der Waals surface area contributed by atoms with Crippen molar-refractivity contribution in [3.63, 3.8) is 0 Å². The lowest BCUT2D eigenvalue weighted by atomic mass is 10.1. The Kier molecular flexibility index (Phi) is 4.31. The Balaban J connectivity index is 1.64. The lowest BCUT2D eigenvalue weighted by molar-refractivity contribution is 0.0944. The summed E-state index contributed by atoms with van der Waals surface area (Å²) in [6.45, 7) is 3.97. The second-order valence-electron chi connectivity index (χ2n) is 6.27. The molecule has 4 aromatic rings. The molecule has 0 saturated heterocycles. The Morgan fingerprint density at radius 1 is 1.08 bits per heavy atom. The molecule has 1 atom stereocenters. The maximum Gasteiger partial charge on any atom is 0.261 e. The first-order valence-corrected chi connectivity index (χ1v) is 9.35. The van der Waals surface area contributed by atoms with Crippen LogP contribution in [0.1, 0.15) is 33.9 Å². The number of carbonyl (C=O) groups excluding carboxylic acids is 1. The van der Waals surface area contributed by atoms with Crippen LogP contribution in [0.5, 0.6) is 0 Å². The average molecular weight is 361 g/mol. The van der Waals surface area contributed by atoms with Gasteiger partial charge in [0.1, 0.15) is 4.83 Å². The molecule has 0 aliphatic rings. The van der Waals surface area contributed by atoms with Crippen molar-refractivity contribution in [1.29, 1.82) is 0 Å². The molecular weight excluding hydrogens is 342 g/mol. The van der Waals surface area contributed by atoms with E-state index in [0.717, 1.165) is 27.2 Å². The number of aromatic nitrogens is 2. The summed E-state index contributed by atoms with van der Waals surface area (Å²) >= 11 is 1.47. The summed E-state index contributed by atoms with van der Waals surface area (Å²) in [5.41, 5.74) is 3.01. The van der Waals surface area contributed by atoms with E-state index in [1.54, 1.807) is 0 Å². The van der Waals surface area contributed by atoms with Crippen LogP contribution in [0.4, 0.5) is 0 Å². The van der Waals surface area contributed by atoms with Gasteiger partial charge in [0.25, 0.3) is 5.91 Å². The number of hydrogen-bond donors (Lipinski definition) is 1. The topological polar surface area (TPSA) is 46.9 Å². The zero-order valence-electron chi connectivity index (χ0n) is 14.6. The van der Waals surface area contributed by atoms with E-state index in [1.807, 2.05) is 85.3 Å². The summed E-state index contributed by atoms with van der Waals surface area (Å²) in [5, 5.41) is 8.73. The number of nitrogens with zero attached hydrogens (tertiary/aromatic N) is 2. The van der Waals surface area contributed by atoms with E-state index in [0.29, 0.717) is 4.88 Å². The number of benzene rings is 2. The van der Waals surface area contributed by atoms with Gasteiger partial charge in [-0.05, 0) is 37.6 Å². The summed E-state index contributed by atoms with van der Waals surface area (Å²) in [6.07, 6.45) is 0. The van der Waals surface area contributed by atoms with E-state index in [1.165, 1.54) is 11.3 Å². The number of fused-ring (bicyclic) bond motifs is 1. The predicted molar refractivity (Wildman–Crippen MR) is 106 cm³/mol. The van der Waals surface area contributed by atoms with Crippen LogP contribution >= 0.6 is 11.3 Å². The van der Waals surface area contributed by atoms with E-state index >= 15 is 0 Å². The molecular formula is C21H19N3OS. The third-order valence-corrected chi connectivity index (χ3v) is 5.53. The van der Waals surface area contributed by atoms with Crippen LogP contribution < -0.4 is 5.32 Å². The minimum absolute atomic E-state index is 0.0411. The summed E-state index contributed by atoms with van der Waals surface area (Å²) < 4.78 is 1.91. The average Bonchev–Trinajstić information content (AvgIpc) is 3.24. The molecule has 2 aromatic carbocycles. The van der Waals surface area contributed by atoms with Crippen LogP contribution in [0, 0.1) is 6.92 Å². The SMILES string of the molecule is Cc1nn(-c2ccccc2)c2sc(C(=O)N[C@@H](C)c3ccccc3)cc12. The smallest absolute Gasteiger partial charge is 0.261 e. The largest absolute Gasteiger partial charge is 0.345 e. The van der Waals surface area contributed by atoms with Gasteiger partial charge < -0.3 is 5.32 Å². The van der Waals surface area contributed by atoms with E-state index < -0.39 is 0 Å². The number of aryl methyl sites for hydroxylation is 1. The fraction of sp³-hybridized carbons (Fsp3) is 0.143. The first-order valence-electron chi connectivity index (χ1n) is 8.54. The summed E-state index contributed by atoms with van der Waals surface area (Å²) in [7, 11) is 0. The van der Waals surface area contributed by atoms with Crippen molar-refractivity contribution in [3.05, 3.63) is 82.9 Å². The standard InChI is InChI=1S/C21H19N3OS/c1-14(16-9-5-3-6-10-16)22-20(25)19-13-18-15(2)23-24(21(18)26-19)17-11-7-4-8-12-17/h3-14H,1-2H3,(H,22,25)/t14-/m0/s1. The van der Waals surface area contributed by atoms with Crippen LogP contribution in [0.3, 0.4) is 0 Å². The lowest BCUT2D eigenvalue weighted by Gasteiger charge is -2.13. The highest BCUT2D eigenvalue weighted by atomic mass is 32.1. The molecule has 0 aliphatic heterocycles. The van der Waals surface area contributed by atoms with Crippen molar-refractivity contribution >= 4 is 27.5 Å². The number of rotatable bonds is 4. The molecule has 130 valence electrons. The summed E-state index contributed by atoms with van der Waals surface area (Å²) in [5.74, 6) is -0.0541. The van der Waals surface area contributed by atoms with Gasteiger partial charge in [0, 0.05) is 5.39 Å². The van der Waals surface area contributed by atoms with Crippen molar-refractivity contribution in [1.82, 2.24) is 15.1 Å². The molecule has 1 amide bonds. The third kappa shape index (κ3) is 3.02. The van der Waals surface area contributed by atoms with Crippen LogP contribution in [-0.4, -0.2) is 15.7 Å². The number of amides is 1. The first-order chi connectivity index (χ1) is 12.6. The van der Waals surface area contributed by atoms with Gasteiger partial charge in [0.15, 0.2) is 0 Å². The fourth-order valence-electron chi connectivity index (χ4n) is 3.00. The molecule has 0 unspecified atom stereocenters. The van der Waals surface area contributed by atoms with Gasteiger partial charge in [-0.3, -0.25) is 4.79 Å². The molecule has 2 heterocycles. The molecule has 1 N–H and O–H groups in total. The van der Waals surface area contributed by atoms with E-state index in [2.05, 4.69) is 10.4 Å². The number of nitrogens with one attached hydrogen (secondary N) is 1. The van der Waals surface area contributed by atoms with Crippen molar-refractivity contribution < 1.29 is 4.79 Å². The Morgan fingerprint density at radius 2 is 1.73 bits per heavy atom. The number of para-hydroxylation sites is 1. The normalized spacial score (nSPS) is 12.2. The highest BCUT2D eigenvalue weighted by Gasteiger charge is 2.18. The van der Waals surface area contributed by atoms with E-state index in [9.17, 15) is 4.79 Å². The highest BCUT2D eigenvalue weighted by molar-refractivity contribution is 7.20. The molecule has 2 aromatic heterocycles. The zero-order valence-corrected chi connectivity index (χ0v) is 15.5. The first kappa shape index (κ1) is 16.5. The maximum absolute atomic E-state index is 12.7. The van der Waals surface area contributed by atoms with Crippen LogP contribution in [0.15, 0.2) is 66.7 Å². The molecule has 5 heteroatoms. The van der Waals surface area contributed by atoms with Crippen molar-refractivity contribution in [2.24, 2.45) is 0 Å². The van der Waals surface area contributed by atoms with E-state index in [4.69, 9.17) is 0 Å². The summed E-state index contributed by atoms with van der Waals surface area (Å²) in [4.78, 5) is 14.4. The molecule has 0 spiro atoms. The van der Waals surface area contributed by atoms with Gasteiger partial charge in [0.05, 0.1) is 22.3 Å². The molecule has 4 rings (SSSR count). The summed E-state index contributed by atoms with van der Waals surface area (Å²) in [6, 6.07) is 21.9. The molecule has 26 heavy (non-hydrogen) atoms. The predicted octanol–water partition coefficient (Wildman–Crippen LogP) is 4.89. The Morgan fingerprint density at radius 3 is 2.42 bits per heavy atom. The molecule has 4 nitrogen and oxygen atoms in total. The van der Waals surface area contributed by atoms with Gasteiger partial charge in [-0.2, -0.15) is 5.10 Å². The Bertz CT molecular complexity index is 1050. The maximum atomic E-state index is 12.7. The second kappa shape index (κ2) is 6.77. The second-order valence-corrected chi connectivity index (χ2v) is 7.30. The minimum atomic E-state index is -0.0541. The van der Waals surface area contributed by atoms with Crippen LogP contribution in [-0.2, 0) is 0 Å². The Labute approximate surface area is 156 Å². The number of carbonyl (C=O) groups is 1. The fourth-order valence-corrected chi connectivity index (χ4v) is 4.08. The molecule has 0 radical (unpaired) electrons. The number of hydrogen-bond acceptors (Lipinski definition) is 3. The van der Waals surface area contributed by atoms with E-state index in [-0.39, 0.29) is 11.9 Å². The third-order valence-electron chi connectivity index (χ3n) is 4.42. The van der Waals surface area contributed by atoms with Crippen molar-refractivity contribution in [2.75, 3.05) is 0 Å². The molecule has 0 fully saturated rings. The van der Waals surface area contributed by atoms with Crippen LogP contribution in [0.25, 0.3) is 15.9 Å². The Hall–Kier alpha value is -2.92. The zero-order chi connectivity index (χ0) is 18.1. The van der Waals surface area contributed by atoms with Crippen LogP contribution in [0.2, 0.25) is 0 Å². The molecule has 0 aliphatic carbocycles. The van der Waals surface area contributed by atoms with Gasteiger partial charge in [-0.25, -0.2) is 4.68 Å². The van der Waals surface area contributed by atoms with Gasteiger partial charge in [-0.1, -0.05) is 48.5 Å². The van der Waals surface area contributed by atoms with Crippen molar-refractivity contribution in [3.8, 4) is 5.69 Å².